The molecule has 0 spiro atoms. The molecule has 0 N–H and O–H groups in total. The number of amides is 1. The molecule has 7 heteroatoms. The van der Waals surface area contributed by atoms with Crippen LogP contribution in [0.1, 0.15) is 12.8 Å². The molecule has 1 amide bonds. The van der Waals surface area contributed by atoms with Crippen LogP contribution in [0.15, 0.2) is 0 Å². The molecule has 1 saturated heterocycles. The van der Waals surface area contributed by atoms with Crippen molar-refractivity contribution in [3.63, 3.8) is 0 Å². The highest BCUT2D eigenvalue weighted by Crippen LogP contribution is 2.28. The number of hydrogen-bond acceptors (Lipinski definition) is 3. The Labute approximate surface area is 91.9 Å². The molecule has 1 heterocycles. The van der Waals surface area contributed by atoms with E-state index in [0.717, 1.165) is 5.06 Å². The molecule has 4 nitrogen and oxygen atoms in total. The second kappa shape index (κ2) is 5.01. The van der Waals surface area contributed by atoms with Crippen molar-refractivity contribution in [3.05, 3.63) is 0 Å². The van der Waals surface area contributed by atoms with Crippen molar-refractivity contribution in [2.75, 3.05) is 27.2 Å². The van der Waals surface area contributed by atoms with E-state index in [-0.39, 0.29) is 37.8 Å². The number of halogens is 3. The Morgan fingerprint density at radius 1 is 1.38 bits per heavy atom. The lowest BCUT2D eigenvalue weighted by Crippen LogP contribution is -2.46. The van der Waals surface area contributed by atoms with Crippen molar-refractivity contribution >= 4 is 5.91 Å². The topological polar surface area (TPSA) is 32.8 Å². The van der Waals surface area contributed by atoms with Gasteiger partial charge in [-0.25, -0.2) is 9.96 Å². The van der Waals surface area contributed by atoms with Gasteiger partial charge in [0.1, 0.15) is 0 Å². The summed E-state index contributed by atoms with van der Waals surface area (Å²) in [5.74, 6) is -0.632. The first-order chi connectivity index (χ1) is 7.36. The molecule has 0 bridgehead atoms. The first-order valence-electron chi connectivity index (χ1n) is 4.99. The highest BCUT2D eigenvalue weighted by Gasteiger charge is 2.40. The Morgan fingerprint density at radius 3 is 2.25 bits per heavy atom. The molecule has 94 valence electrons. The lowest BCUT2D eigenvalue weighted by Gasteiger charge is -2.33. The SMILES string of the molecule is CON(C)C(=O)C1CCN(C(F)(F)F)CC1. The van der Waals surface area contributed by atoms with Gasteiger partial charge in [0.2, 0.25) is 5.91 Å². The van der Waals surface area contributed by atoms with Crippen LogP contribution in [0.5, 0.6) is 0 Å². The number of likely N-dealkylation sites (tertiary alicyclic amines) is 1. The van der Waals surface area contributed by atoms with Crippen molar-refractivity contribution < 1.29 is 22.8 Å². The fourth-order valence-electron chi connectivity index (χ4n) is 1.73. The Hall–Kier alpha value is -0.820. The van der Waals surface area contributed by atoms with Gasteiger partial charge < -0.3 is 0 Å². The predicted octanol–water partition coefficient (Wildman–Crippen LogP) is 1.24. The van der Waals surface area contributed by atoms with E-state index in [4.69, 9.17) is 4.84 Å². The summed E-state index contributed by atoms with van der Waals surface area (Å²) in [5.41, 5.74) is 0. The van der Waals surface area contributed by atoms with Crippen molar-refractivity contribution in [1.82, 2.24) is 9.96 Å². The summed E-state index contributed by atoms with van der Waals surface area (Å²) >= 11 is 0. The summed E-state index contributed by atoms with van der Waals surface area (Å²) in [6.45, 7) is -0.255. The Morgan fingerprint density at radius 2 is 1.88 bits per heavy atom. The smallest absolute Gasteiger partial charge is 0.275 e. The standard InChI is InChI=1S/C9H15F3N2O2/c1-13(16-2)8(15)7-3-5-14(6-4-7)9(10,11)12/h7H,3-6H2,1-2H3. The quantitative estimate of drug-likeness (QED) is 0.537. The van der Waals surface area contributed by atoms with Gasteiger partial charge >= 0.3 is 6.30 Å². The van der Waals surface area contributed by atoms with Crippen molar-refractivity contribution in [1.29, 1.82) is 0 Å². The van der Waals surface area contributed by atoms with E-state index < -0.39 is 6.30 Å². The van der Waals surface area contributed by atoms with Crippen LogP contribution >= 0.6 is 0 Å². The number of carbonyl (C=O) groups is 1. The third kappa shape index (κ3) is 3.08. The monoisotopic (exact) mass is 240 g/mol. The summed E-state index contributed by atoms with van der Waals surface area (Å²) in [6.07, 6.45) is -3.86. The fraction of sp³-hybridized carbons (Fsp3) is 0.889. The van der Waals surface area contributed by atoms with Gasteiger partial charge in [-0.1, -0.05) is 0 Å². The summed E-state index contributed by atoms with van der Waals surface area (Å²) in [6, 6.07) is 0. The molecule has 16 heavy (non-hydrogen) atoms. The molecular formula is C9H15F3N2O2. The number of alkyl halides is 3. The minimum absolute atomic E-state index is 0.128. The molecule has 1 aliphatic rings. The van der Waals surface area contributed by atoms with Crippen molar-refractivity contribution in [3.8, 4) is 0 Å². The molecule has 1 fully saturated rings. The number of hydroxylamine groups is 2. The van der Waals surface area contributed by atoms with Crippen LogP contribution in [0.4, 0.5) is 13.2 Å². The lowest BCUT2D eigenvalue weighted by atomic mass is 9.96. The van der Waals surface area contributed by atoms with Gasteiger partial charge in [-0.3, -0.25) is 9.63 Å². The molecule has 0 aromatic heterocycles. The van der Waals surface area contributed by atoms with Crippen LogP contribution < -0.4 is 0 Å². The summed E-state index contributed by atoms with van der Waals surface area (Å²) in [4.78, 5) is 16.7. The number of piperidine rings is 1. The molecule has 1 rings (SSSR count). The Kier molecular flexibility index (Phi) is 4.15. The second-order valence-corrected chi connectivity index (χ2v) is 3.75. The zero-order valence-corrected chi connectivity index (χ0v) is 9.25. The minimum Gasteiger partial charge on any atom is -0.275 e. The summed E-state index contributed by atoms with van der Waals surface area (Å²) in [7, 11) is 2.81. The Balaban J connectivity index is 2.46. The normalized spacial score (nSPS) is 19.8. The first-order valence-corrected chi connectivity index (χ1v) is 4.99. The maximum absolute atomic E-state index is 12.3. The van der Waals surface area contributed by atoms with Crippen LogP contribution in [0.25, 0.3) is 0 Å². The molecule has 0 saturated carbocycles. The zero-order chi connectivity index (χ0) is 12.3. The van der Waals surface area contributed by atoms with Crippen molar-refractivity contribution in [2.24, 2.45) is 5.92 Å². The average molecular weight is 240 g/mol. The van der Waals surface area contributed by atoms with Crippen LogP contribution in [0.3, 0.4) is 0 Å². The predicted molar refractivity (Wildman–Crippen MR) is 50.1 cm³/mol. The minimum atomic E-state index is -4.29. The third-order valence-corrected chi connectivity index (χ3v) is 2.79. The van der Waals surface area contributed by atoms with Gasteiger partial charge in [-0.15, -0.1) is 0 Å². The lowest BCUT2D eigenvalue weighted by molar-refractivity contribution is -0.252. The number of nitrogens with zero attached hydrogens (tertiary/aromatic N) is 2. The maximum Gasteiger partial charge on any atom is 0.459 e. The average Bonchev–Trinajstić information content (AvgIpc) is 2.26. The molecule has 0 aromatic rings. The van der Waals surface area contributed by atoms with E-state index in [0.29, 0.717) is 4.90 Å². The highest BCUT2D eigenvalue weighted by atomic mass is 19.4. The second-order valence-electron chi connectivity index (χ2n) is 3.75. The highest BCUT2D eigenvalue weighted by molar-refractivity contribution is 5.77. The summed E-state index contributed by atoms with van der Waals surface area (Å²) < 4.78 is 36.9. The number of rotatable bonds is 2. The number of carbonyl (C=O) groups excluding carboxylic acids is 1. The van der Waals surface area contributed by atoms with Gasteiger partial charge in [0, 0.05) is 26.1 Å². The Bertz CT molecular complexity index is 250. The van der Waals surface area contributed by atoms with Gasteiger partial charge in [0.15, 0.2) is 0 Å². The molecule has 0 unspecified atom stereocenters. The van der Waals surface area contributed by atoms with E-state index >= 15 is 0 Å². The van der Waals surface area contributed by atoms with E-state index in [2.05, 4.69) is 0 Å². The molecule has 0 aromatic carbocycles. The van der Waals surface area contributed by atoms with E-state index in [1.165, 1.54) is 14.2 Å². The fourth-order valence-corrected chi connectivity index (χ4v) is 1.73. The largest absolute Gasteiger partial charge is 0.459 e. The van der Waals surface area contributed by atoms with E-state index in [9.17, 15) is 18.0 Å². The van der Waals surface area contributed by atoms with Gasteiger partial charge in [-0.05, 0) is 12.8 Å². The molecular weight excluding hydrogens is 225 g/mol. The molecule has 0 atom stereocenters. The zero-order valence-electron chi connectivity index (χ0n) is 9.25. The molecule has 0 aliphatic carbocycles. The van der Waals surface area contributed by atoms with Gasteiger partial charge in [0.05, 0.1) is 7.11 Å². The third-order valence-electron chi connectivity index (χ3n) is 2.79. The van der Waals surface area contributed by atoms with Crippen LogP contribution in [-0.4, -0.2) is 49.4 Å². The maximum atomic E-state index is 12.3. The van der Waals surface area contributed by atoms with Crippen LogP contribution in [-0.2, 0) is 9.63 Å². The molecule has 1 aliphatic heterocycles. The van der Waals surface area contributed by atoms with Gasteiger partial charge in [-0.2, -0.15) is 13.2 Å². The van der Waals surface area contributed by atoms with E-state index in [1.54, 1.807) is 0 Å². The van der Waals surface area contributed by atoms with Crippen LogP contribution in [0.2, 0.25) is 0 Å². The van der Waals surface area contributed by atoms with Crippen LogP contribution in [0, 0.1) is 5.92 Å². The summed E-state index contributed by atoms with van der Waals surface area (Å²) in [5, 5.41) is 1.06. The number of hydrogen-bond donors (Lipinski definition) is 0. The first kappa shape index (κ1) is 13.2. The molecule has 0 radical (unpaired) electrons. The van der Waals surface area contributed by atoms with Crippen molar-refractivity contribution in [2.45, 2.75) is 19.1 Å². The van der Waals surface area contributed by atoms with E-state index in [1.807, 2.05) is 0 Å². The van der Waals surface area contributed by atoms with Gasteiger partial charge in [0.25, 0.3) is 0 Å².